The van der Waals surface area contributed by atoms with Crippen LogP contribution in [0.4, 0.5) is 17.3 Å². The van der Waals surface area contributed by atoms with Gasteiger partial charge in [-0.2, -0.15) is 0 Å². The summed E-state index contributed by atoms with van der Waals surface area (Å²) in [5.41, 5.74) is 5.75. The molecule has 26 heavy (non-hydrogen) atoms. The summed E-state index contributed by atoms with van der Waals surface area (Å²) in [5, 5.41) is 1.05. The summed E-state index contributed by atoms with van der Waals surface area (Å²) < 4.78 is 0. The van der Waals surface area contributed by atoms with Crippen molar-refractivity contribution < 1.29 is 0 Å². The molecule has 1 aromatic heterocycles. The number of rotatable bonds is 1. The summed E-state index contributed by atoms with van der Waals surface area (Å²) in [6.45, 7) is 4.56. The Balaban J connectivity index is 1.81. The molecule has 126 valence electrons. The molecular formula is C23H19N3. The van der Waals surface area contributed by atoms with Gasteiger partial charge in [0, 0.05) is 17.0 Å². The average molecular weight is 337 g/mol. The van der Waals surface area contributed by atoms with Crippen LogP contribution < -0.4 is 4.90 Å². The molecule has 1 aliphatic rings. The van der Waals surface area contributed by atoms with Crippen LogP contribution >= 0.6 is 0 Å². The van der Waals surface area contributed by atoms with Gasteiger partial charge in [-0.05, 0) is 29.3 Å². The van der Waals surface area contributed by atoms with Crippen LogP contribution in [0.15, 0.2) is 79.0 Å². The monoisotopic (exact) mass is 337 g/mol. The predicted molar refractivity (Wildman–Crippen MR) is 106 cm³/mol. The van der Waals surface area contributed by atoms with Crippen LogP contribution in [0.5, 0.6) is 0 Å². The van der Waals surface area contributed by atoms with Gasteiger partial charge in [0.1, 0.15) is 0 Å². The Morgan fingerprint density at radius 1 is 0.731 bits per heavy atom. The SMILES string of the molecule is CC1(C)c2ccccc2N(c2ncc3ccccc3n2)c2ccccc21. The van der Waals surface area contributed by atoms with Crippen molar-refractivity contribution >= 4 is 28.2 Å². The number of hydrogen-bond donors (Lipinski definition) is 0. The third-order valence-corrected chi connectivity index (χ3v) is 5.31. The van der Waals surface area contributed by atoms with E-state index in [-0.39, 0.29) is 5.41 Å². The van der Waals surface area contributed by atoms with Crippen molar-refractivity contribution in [3.63, 3.8) is 0 Å². The lowest BCUT2D eigenvalue weighted by Gasteiger charge is -2.40. The van der Waals surface area contributed by atoms with Crippen LogP contribution in [0, 0.1) is 0 Å². The van der Waals surface area contributed by atoms with E-state index in [0.29, 0.717) is 5.95 Å². The number of para-hydroxylation sites is 3. The Morgan fingerprint density at radius 3 is 2.00 bits per heavy atom. The molecule has 0 aliphatic carbocycles. The lowest BCUT2D eigenvalue weighted by molar-refractivity contribution is 0.631. The van der Waals surface area contributed by atoms with Crippen LogP contribution in [0.1, 0.15) is 25.0 Å². The average Bonchev–Trinajstić information content (AvgIpc) is 2.68. The van der Waals surface area contributed by atoms with Crippen molar-refractivity contribution in [2.45, 2.75) is 19.3 Å². The first-order valence-corrected chi connectivity index (χ1v) is 8.87. The summed E-state index contributed by atoms with van der Waals surface area (Å²) in [6.07, 6.45) is 1.91. The van der Waals surface area contributed by atoms with E-state index in [1.54, 1.807) is 0 Å². The Labute approximate surface area is 153 Å². The molecule has 0 saturated carbocycles. The first kappa shape index (κ1) is 15.1. The van der Waals surface area contributed by atoms with E-state index in [2.05, 4.69) is 67.3 Å². The fourth-order valence-corrected chi connectivity index (χ4v) is 3.95. The normalized spacial score (nSPS) is 14.8. The van der Waals surface area contributed by atoms with E-state index in [0.717, 1.165) is 22.3 Å². The van der Waals surface area contributed by atoms with E-state index in [9.17, 15) is 0 Å². The first-order chi connectivity index (χ1) is 12.7. The maximum atomic E-state index is 4.86. The number of nitrogens with zero attached hydrogens (tertiary/aromatic N) is 3. The molecule has 3 heteroatoms. The van der Waals surface area contributed by atoms with Gasteiger partial charge < -0.3 is 0 Å². The molecule has 0 radical (unpaired) electrons. The zero-order valence-electron chi connectivity index (χ0n) is 14.8. The zero-order chi connectivity index (χ0) is 17.7. The van der Waals surface area contributed by atoms with E-state index < -0.39 is 0 Å². The molecule has 3 nitrogen and oxygen atoms in total. The van der Waals surface area contributed by atoms with Crippen LogP contribution in [0.3, 0.4) is 0 Å². The van der Waals surface area contributed by atoms with Gasteiger partial charge in [-0.15, -0.1) is 0 Å². The quantitative estimate of drug-likeness (QED) is 0.443. The number of anilines is 3. The number of hydrogen-bond acceptors (Lipinski definition) is 3. The molecule has 0 fully saturated rings. The molecule has 4 aromatic rings. The Morgan fingerprint density at radius 2 is 1.31 bits per heavy atom. The van der Waals surface area contributed by atoms with Crippen LogP contribution in [0.25, 0.3) is 10.9 Å². The van der Waals surface area contributed by atoms with Gasteiger partial charge in [-0.25, -0.2) is 9.97 Å². The second kappa shape index (κ2) is 5.40. The molecule has 0 amide bonds. The minimum atomic E-state index is -0.0689. The Bertz CT molecular complexity index is 1080. The number of fused-ring (bicyclic) bond motifs is 3. The van der Waals surface area contributed by atoms with Crippen molar-refractivity contribution in [3.8, 4) is 0 Å². The van der Waals surface area contributed by atoms with Crippen LogP contribution in [0.2, 0.25) is 0 Å². The van der Waals surface area contributed by atoms with Crippen LogP contribution in [-0.2, 0) is 5.41 Å². The maximum absolute atomic E-state index is 4.86. The maximum Gasteiger partial charge on any atom is 0.235 e. The fraction of sp³-hybridized carbons (Fsp3) is 0.130. The van der Waals surface area contributed by atoms with Crippen LogP contribution in [-0.4, -0.2) is 9.97 Å². The standard InChI is InChI=1S/C23H19N3/c1-23(2)17-10-4-7-13-20(17)26(21-14-8-5-11-18(21)23)22-24-15-16-9-3-6-12-19(16)25-22/h3-15H,1-2H3. The van der Waals surface area contributed by atoms with Gasteiger partial charge in [0.2, 0.25) is 5.95 Å². The highest BCUT2D eigenvalue weighted by Crippen LogP contribution is 2.50. The van der Waals surface area contributed by atoms with Crippen molar-refractivity contribution in [1.29, 1.82) is 0 Å². The lowest BCUT2D eigenvalue weighted by atomic mass is 9.74. The molecule has 3 aromatic carbocycles. The molecule has 0 atom stereocenters. The summed E-state index contributed by atoms with van der Waals surface area (Å²) in [5.74, 6) is 0.708. The minimum Gasteiger partial charge on any atom is -0.279 e. The fourth-order valence-electron chi connectivity index (χ4n) is 3.95. The highest BCUT2D eigenvalue weighted by molar-refractivity contribution is 5.86. The van der Waals surface area contributed by atoms with Gasteiger partial charge in [-0.1, -0.05) is 68.4 Å². The summed E-state index contributed by atoms with van der Waals surface area (Å²) >= 11 is 0. The third-order valence-electron chi connectivity index (χ3n) is 5.31. The van der Waals surface area contributed by atoms with E-state index in [1.165, 1.54) is 11.1 Å². The third kappa shape index (κ3) is 2.07. The summed E-state index contributed by atoms with van der Waals surface area (Å²) in [7, 11) is 0. The number of benzene rings is 3. The summed E-state index contributed by atoms with van der Waals surface area (Å²) in [4.78, 5) is 11.7. The van der Waals surface area contributed by atoms with Gasteiger partial charge >= 0.3 is 0 Å². The molecule has 1 aliphatic heterocycles. The van der Waals surface area contributed by atoms with Gasteiger partial charge in [0.25, 0.3) is 0 Å². The smallest absolute Gasteiger partial charge is 0.235 e. The van der Waals surface area contributed by atoms with Gasteiger partial charge in [0.15, 0.2) is 0 Å². The van der Waals surface area contributed by atoms with Crippen molar-refractivity contribution in [3.05, 3.63) is 90.1 Å². The molecule has 2 heterocycles. The highest BCUT2D eigenvalue weighted by Gasteiger charge is 2.37. The first-order valence-electron chi connectivity index (χ1n) is 8.87. The molecule has 0 saturated heterocycles. The second-order valence-corrected chi connectivity index (χ2v) is 7.22. The molecular weight excluding hydrogens is 318 g/mol. The molecule has 0 bridgehead atoms. The molecule has 5 rings (SSSR count). The second-order valence-electron chi connectivity index (χ2n) is 7.22. The molecule has 0 spiro atoms. The highest BCUT2D eigenvalue weighted by atomic mass is 15.3. The van der Waals surface area contributed by atoms with Crippen molar-refractivity contribution in [2.24, 2.45) is 0 Å². The van der Waals surface area contributed by atoms with E-state index in [4.69, 9.17) is 9.97 Å². The zero-order valence-corrected chi connectivity index (χ0v) is 14.8. The largest absolute Gasteiger partial charge is 0.279 e. The lowest BCUT2D eigenvalue weighted by Crippen LogP contribution is -2.31. The number of aromatic nitrogens is 2. The van der Waals surface area contributed by atoms with Crippen molar-refractivity contribution in [1.82, 2.24) is 9.97 Å². The molecule has 0 unspecified atom stereocenters. The molecule has 0 N–H and O–H groups in total. The van der Waals surface area contributed by atoms with Gasteiger partial charge in [0.05, 0.1) is 16.9 Å². The minimum absolute atomic E-state index is 0.0689. The van der Waals surface area contributed by atoms with E-state index >= 15 is 0 Å². The Kier molecular flexibility index (Phi) is 3.13. The van der Waals surface area contributed by atoms with E-state index in [1.807, 2.05) is 30.5 Å². The predicted octanol–water partition coefficient (Wildman–Crippen LogP) is 5.74. The Hall–Kier alpha value is -3.20. The van der Waals surface area contributed by atoms with Crippen molar-refractivity contribution in [2.75, 3.05) is 4.90 Å². The van der Waals surface area contributed by atoms with Gasteiger partial charge in [-0.3, -0.25) is 4.90 Å². The topological polar surface area (TPSA) is 29.0 Å². The summed E-state index contributed by atoms with van der Waals surface area (Å²) in [6, 6.07) is 25.2.